The van der Waals surface area contributed by atoms with Gasteiger partial charge < -0.3 is 46.4 Å². The van der Waals surface area contributed by atoms with Crippen LogP contribution in [0.3, 0.4) is 0 Å². The molecule has 0 saturated carbocycles. The van der Waals surface area contributed by atoms with Gasteiger partial charge in [0.2, 0.25) is 17.7 Å². The maximum absolute atomic E-state index is 12.8. The molecule has 22 nitrogen and oxygen atoms in total. The zero-order valence-electron chi connectivity index (χ0n) is 49.1. The summed E-state index contributed by atoms with van der Waals surface area (Å²) in [5, 5.41) is 18.8. The Balaban J connectivity index is 0.802. The van der Waals surface area contributed by atoms with Crippen molar-refractivity contribution in [1.82, 2.24) is 50.0 Å². The Morgan fingerprint density at radius 3 is 0.906 bits per heavy atom. The van der Waals surface area contributed by atoms with Gasteiger partial charge in [-0.25, -0.2) is 14.4 Å². The SMILES string of the molecule is O=C(CCCCCCCNc1ccn(OCc2ccccc2)c(=O)n1)NCCN(CCNC(=O)CCCCCCCNc1ccn(OCc2ccccc2)c(=O)n1)CCNC(=O)CCCCCCCNc1ccn(OCc2ccccc2)c(=O)n1. The third-order valence-corrected chi connectivity index (χ3v) is 13.9. The van der Waals surface area contributed by atoms with E-state index in [-0.39, 0.29) is 37.5 Å². The molecule has 0 aliphatic carbocycles. The largest absolute Gasteiger partial charge is 0.405 e. The van der Waals surface area contributed by atoms with E-state index in [4.69, 9.17) is 14.5 Å². The molecule has 0 fully saturated rings. The molecule has 85 heavy (non-hydrogen) atoms. The van der Waals surface area contributed by atoms with Gasteiger partial charge in [0.05, 0.1) is 18.6 Å². The number of anilines is 3. The van der Waals surface area contributed by atoms with Crippen molar-refractivity contribution in [3.05, 3.63) is 176 Å². The standard InChI is InChI=1S/C63H87N13O9/c77-58(31-19-4-1-7-22-37-64-55-34-43-74(61(80)70-55)83-49-52-25-13-10-14-26-52)67-40-46-73(47-41-68-59(78)32-20-5-2-8-23-38-65-56-35-44-75(62(81)71-56)84-50-53-27-15-11-16-28-53)48-42-69-60(79)33-21-6-3-9-24-39-66-57-36-45-76(63(82)72-57)85-51-54-29-17-12-18-30-54/h10-18,25-30,34-36,43-45H,1-9,19-24,31-33,37-42,46-51H2,(H,67,77)(H,68,78)(H,69,79)(H,64,70,80)(H,65,71,81)(H,66,72,82). The van der Waals surface area contributed by atoms with E-state index in [2.05, 4.69) is 51.8 Å². The van der Waals surface area contributed by atoms with Crippen LogP contribution in [0.5, 0.6) is 0 Å². The fraction of sp³-hybridized carbons (Fsp3) is 0.476. The first-order valence-electron chi connectivity index (χ1n) is 30.2. The van der Waals surface area contributed by atoms with E-state index in [0.717, 1.165) is 127 Å². The van der Waals surface area contributed by atoms with Gasteiger partial charge in [-0.2, -0.15) is 15.0 Å². The minimum atomic E-state index is -0.483. The third-order valence-electron chi connectivity index (χ3n) is 13.9. The average Bonchev–Trinajstić information content (AvgIpc) is 3.61. The van der Waals surface area contributed by atoms with Crippen molar-refractivity contribution in [2.45, 2.75) is 135 Å². The van der Waals surface area contributed by atoms with Crippen molar-refractivity contribution in [3.63, 3.8) is 0 Å². The molecular formula is C63H87N13O9. The van der Waals surface area contributed by atoms with Gasteiger partial charge in [0.25, 0.3) is 0 Å². The monoisotopic (exact) mass is 1170 g/mol. The minimum Gasteiger partial charge on any atom is -0.405 e. The van der Waals surface area contributed by atoms with Crippen LogP contribution in [0, 0.1) is 0 Å². The second-order valence-electron chi connectivity index (χ2n) is 20.8. The number of amides is 3. The summed E-state index contributed by atoms with van der Waals surface area (Å²) in [5.74, 6) is 1.51. The molecule has 0 saturated heterocycles. The van der Waals surface area contributed by atoms with E-state index in [1.165, 1.54) is 0 Å². The van der Waals surface area contributed by atoms with Crippen LogP contribution < -0.4 is 63.5 Å². The highest BCUT2D eigenvalue weighted by Crippen LogP contribution is 2.11. The van der Waals surface area contributed by atoms with Gasteiger partial charge in [-0.1, -0.05) is 149 Å². The van der Waals surface area contributed by atoms with Crippen LogP contribution >= 0.6 is 0 Å². The zero-order valence-corrected chi connectivity index (χ0v) is 49.1. The zero-order chi connectivity index (χ0) is 59.8. The van der Waals surface area contributed by atoms with E-state index in [1.807, 2.05) is 91.0 Å². The van der Waals surface area contributed by atoms with Gasteiger partial charge in [-0.15, -0.1) is 14.2 Å². The fourth-order valence-electron chi connectivity index (χ4n) is 9.05. The molecule has 0 atom stereocenters. The molecule has 6 rings (SSSR count). The number of benzene rings is 3. The number of hydrogen-bond acceptors (Lipinski definition) is 16. The van der Waals surface area contributed by atoms with Crippen LogP contribution in [0.4, 0.5) is 17.5 Å². The Kier molecular flexibility index (Phi) is 30.8. The molecular weight excluding hydrogens is 1080 g/mol. The molecule has 22 heteroatoms. The molecule has 0 spiro atoms. The van der Waals surface area contributed by atoms with Gasteiger partial charge >= 0.3 is 17.1 Å². The van der Waals surface area contributed by atoms with Crippen LogP contribution in [0.15, 0.2) is 142 Å². The van der Waals surface area contributed by atoms with Crippen LogP contribution in [0.25, 0.3) is 0 Å². The molecule has 0 aliphatic rings. The molecule has 3 amide bonds. The van der Waals surface area contributed by atoms with Crippen LogP contribution in [-0.2, 0) is 34.2 Å². The van der Waals surface area contributed by atoms with E-state index in [0.29, 0.717) is 95.6 Å². The predicted molar refractivity (Wildman–Crippen MR) is 330 cm³/mol. The highest BCUT2D eigenvalue weighted by atomic mass is 16.7. The predicted octanol–water partition coefficient (Wildman–Crippen LogP) is 6.55. The summed E-state index contributed by atoms with van der Waals surface area (Å²) in [4.78, 5) is 107. The highest BCUT2D eigenvalue weighted by molar-refractivity contribution is 5.76. The molecule has 458 valence electrons. The van der Waals surface area contributed by atoms with Crippen molar-refractivity contribution >= 4 is 35.2 Å². The van der Waals surface area contributed by atoms with Crippen molar-refractivity contribution in [2.24, 2.45) is 0 Å². The van der Waals surface area contributed by atoms with Gasteiger partial charge in [0.1, 0.15) is 37.3 Å². The molecule has 0 bridgehead atoms. The Morgan fingerprint density at radius 2 is 0.624 bits per heavy atom. The van der Waals surface area contributed by atoms with Gasteiger partial charge in [0, 0.05) is 96.4 Å². The van der Waals surface area contributed by atoms with E-state index in [1.54, 1.807) is 36.8 Å². The lowest BCUT2D eigenvalue weighted by atomic mass is 10.1. The van der Waals surface area contributed by atoms with E-state index in [9.17, 15) is 28.8 Å². The summed E-state index contributed by atoms with van der Waals surface area (Å²) in [7, 11) is 0. The normalized spacial score (nSPS) is 11.0. The first-order valence-corrected chi connectivity index (χ1v) is 30.2. The summed E-state index contributed by atoms with van der Waals surface area (Å²) in [6.07, 6.45) is 19.7. The summed E-state index contributed by atoms with van der Waals surface area (Å²) in [5.41, 5.74) is 1.42. The number of nitrogens with zero attached hydrogens (tertiary/aromatic N) is 7. The molecule has 3 heterocycles. The Bertz CT molecular complexity index is 2700. The maximum Gasteiger partial charge on any atom is 0.382 e. The summed E-state index contributed by atoms with van der Waals surface area (Å²) in [6.45, 7) is 5.90. The van der Waals surface area contributed by atoms with Crippen LogP contribution in [0.2, 0.25) is 0 Å². The highest BCUT2D eigenvalue weighted by Gasteiger charge is 2.11. The van der Waals surface area contributed by atoms with Crippen molar-refractivity contribution in [2.75, 3.05) is 74.9 Å². The van der Waals surface area contributed by atoms with E-state index >= 15 is 0 Å². The number of nitrogens with one attached hydrogen (secondary N) is 6. The average molecular weight is 1170 g/mol. The van der Waals surface area contributed by atoms with E-state index < -0.39 is 17.1 Å². The lowest BCUT2D eigenvalue weighted by Crippen LogP contribution is -2.43. The molecule has 0 aliphatic heterocycles. The number of aromatic nitrogens is 6. The topological polar surface area (TPSA) is 259 Å². The molecule has 3 aromatic carbocycles. The third kappa shape index (κ3) is 28.1. The first-order chi connectivity index (χ1) is 41.7. The number of unbranched alkanes of at least 4 members (excludes halogenated alkanes) is 12. The fourth-order valence-corrected chi connectivity index (χ4v) is 9.05. The van der Waals surface area contributed by atoms with Gasteiger partial charge in [0.15, 0.2) is 0 Å². The van der Waals surface area contributed by atoms with Crippen molar-refractivity contribution in [1.29, 1.82) is 0 Å². The molecule has 6 aromatic rings. The number of hydrogen-bond donors (Lipinski definition) is 6. The lowest BCUT2D eigenvalue weighted by molar-refractivity contribution is -0.121. The quantitative estimate of drug-likeness (QED) is 0.0222. The Morgan fingerprint density at radius 1 is 0.353 bits per heavy atom. The molecule has 3 aromatic heterocycles. The molecule has 0 radical (unpaired) electrons. The second-order valence-corrected chi connectivity index (χ2v) is 20.8. The second kappa shape index (κ2) is 39.9. The van der Waals surface area contributed by atoms with Crippen LogP contribution in [0.1, 0.15) is 132 Å². The minimum absolute atomic E-state index is 0.00142. The van der Waals surface area contributed by atoms with Crippen LogP contribution in [-0.4, -0.2) is 111 Å². The summed E-state index contributed by atoms with van der Waals surface area (Å²) < 4.78 is 3.39. The lowest BCUT2D eigenvalue weighted by Gasteiger charge is -2.23. The number of carbonyl (C=O) groups excluding carboxylic acids is 3. The molecule has 0 unspecified atom stereocenters. The van der Waals surface area contributed by atoms with Crippen molar-refractivity contribution < 1.29 is 28.9 Å². The number of carbonyl (C=O) groups is 3. The molecule has 6 N–H and O–H groups in total. The first kappa shape index (κ1) is 65.6. The summed E-state index contributed by atoms with van der Waals surface area (Å²) >= 11 is 0. The summed E-state index contributed by atoms with van der Waals surface area (Å²) in [6, 6.07) is 34.0. The van der Waals surface area contributed by atoms with Gasteiger partial charge in [-0.3, -0.25) is 19.3 Å². The Hall–Kier alpha value is -8.53. The smallest absolute Gasteiger partial charge is 0.382 e. The van der Waals surface area contributed by atoms with Crippen molar-refractivity contribution in [3.8, 4) is 0 Å². The maximum atomic E-state index is 12.8. The Labute approximate surface area is 498 Å². The number of rotatable bonds is 45. The van der Waals surface area contributed by atoms with Gasteiger partial charge in [-0.05, 0) is 55.2 Å².